The lowest BCUT2D eigenvalue weighted by molar-refractivity contribution is 0.197. The first-order valence-electron chi connectivity index (χ1n) is 5.44. The van der Waals surface area contributed by atoms with Gasteiger partial charge in [0.1, 0.15) is 5.75 Å². The molecule has 1 aliphatic heterocycles. The lowest BCUT2D eigenvalue weighted by Crippen LogP contribution is -2.28. The topological polar surface area (TPSA) is 32.8 Å². The van der Waals surface area contributed by atoms with Gasteiger partial charge in [-0.15, -0.1) is 0 Å². The molecule has 1 saturated heterocycles. The van der Waals surface area contributed by atoms with Crippen molar-refractivity contribution in [3.05, 3.63) is 28.2 Å². The molecule has 1 aliphatic rings. The van der Waals surface area contributed by atoms with Crippen molar-refractivity contribution in [1.82, 2.24) is 9.80 Å². The second-order valence-corrected chi connectivity index (χ2v) is 4.95. The first-order chi connectivity index (χ1) is 8.11. The quantitative estimate of drug-likeness (QED) is 0.858. The van der Waals surface area contributed by atoms with Crippen molar-refractivity contribution in [3.8, 4) is 5.75 Å². The molecule has 2 rings (SSSR count). The van der Waals surface area contributed by atoms with Crippen LogP contribution in [0.25, 0.3) is 0 Å². The first kappa shape index (κ1) is 12.2. The lowest BCUT2D eigenvalue weighted by Gasteiger charge is -2.16. The summed E-state index contributed by atoms with van der Waals surface area (Å²) in [6.45, 7) is 2.24. The Morgan fingerprint density at radius 3 is 2.71 bits per heavy atom. The Bertz CT molecular complexity index is 437. The van der Waals surface area contributed by atoms with Crippen LogP contribution in [0.2, 0.25) is 0 Å². The van der Waals surface area contributed by atoms with Gasteiger partial charge >= 0.3 is 6.03 Å². The zero-order valence-electron chi connectivity index (χ0n) is 9.94. The van der Waals surface area contributed by atoms with Crippen LogP contribution in [-0.2, 0) is 6.54 Å². The van der Waals surface area contributed by atoms with E-state index >= 15 is 0 Å². The summed E-state index contributed by atoms with van der Waals surface area (Å²) < 4.78 is 6.09. The molecule has 0 atom stereocenters. The van der Waals surface area contributed by atoms with E-state index in [9.17, 15) is 4.79 Å². The van der Waals surface area contributed by atoms with E-state index in [4.69, 9.17) is 4.74 Å². The van der Waals surface area contributed by atoms with Gasteiger partial charge in [-0.05, 0) is 33.6 Å². The van der Waals surface area contributed by atoms with Gasteiger partial charge in [-0.2, -0.15) is 0 Å². The Kier molecular flexibility index (Phi) is 3.57. The molecule has 0 radical (unpaired) electrons. The predicted octanol–water partition coefficient (Wildman–Crippen LogP) is 2.33. The van der Waals surface area contributed by atoms with Crippen molar-refractivity contribution in [2.45, 2.75) is 6.54 Å². The normalized spacial score (nSPS) is 15.6. The van der Waals surface area contributed by atoms with Gasteiger partial charge in [-0.1, -0.05) is 6.07 Å². The number of likely N-dealkylation sites (N-methyl/N-ethyl adjacent to an activating group) is 1. The maximum atomic E-state index is 11.7. The highest BCUT2D eigenvalue weighted by molar-refractivity contribution is 9.10. The largest absolute Gasteiger partial charge is 0.496 e. The van der Waals surface area contributed by atoms with Crippen molar-refractivity contribution < 1.29 is 9.53 Å². The summed E-state index contributed by atoms with van der Waals surface area (Å²) in [5, 5.41) is 0. The number of rotatable bonds is 3. The lowest BCUT2D eigenvalue weighted by atomic mass is 10.2. The Morgan fingerprint density at radius 2 is 2.18 bits per heavy atom. The highest BCUT2D eigenvalue weighted by Crippen LogP contribution is 2.26. The highest BCUT2D eigenvalue weighted by atomic mass is 79.9. The molecule has 1 fully saturated rings. The number of methoxy groups -OCH3 is 1. The van der Waals surface area contributed by atoms with Crippen molar-refractivity contribution >= 4 is 22.0 Å². The average Bonchev–Trinajstić information content (AvgIpc) is 2.61. The van der Waals surface area contributed by atoms with Crippen LogP contribution in [-0.4, -0.2) is 43.1 Å². The van der Waals surface area contributed by atoms with Gasteiger partial charge in [0.05, 0.1) is 11.6 Å². The molecule has 2 amide bonds. The minimum Gasteiger partial charge on any atom is -0.496 e. The third kappa shape index (κ3) is 2.54. The summed E-state index contributed by atoms with van der Waals surface area (Å²) in [7, 11) is 3.46. The molecule has 0 unspecified atom stereocenters. The van der Waals surface area contributed by atoms with E-state index in [1.54, 1.807) is 12.0 Å². The van der Waals surface area contributed by atoms with Gasteiger partial charge in [0, 0.05) is 26.7 Å². The molecule has 0 spiro atoms. The zero-order chi connectivity index (χ0) is 12.4. The molecule has 5 heteroatoms. The van der Waals surface area contributed by atoms with Gasteiger partial charge in [0.2, 0.25) is 0 Å². The van der Waals surface area contributed by atoms with Gasteiger partial charge in [-0.3, -0.25) is 0 Å². The number of ether oxygens (including phenoxy) is 1. The van der Waals surface area contributed by atoms with E-state index in [0.717, 1.165) is 28.9 Å². The van der Waals surface area contributed by atoms with Gasteiger partial charge in [-0.25, -0.2) is 4.79 Å². The zero-order valence-corrected chi connectivity index (χ0v) is 11.5. The smallest absolute Gasteiger partial charge is 0.320 e. The van der Waals surface area contributed by atoms with Crippen LogP contribution in [0.4, 0.5) is 4.79 Å². The number of nitrogens with zero attached hydrogens (tertiary/aromatic N) is 2. The average molecular weight is 299 g/mol. The van der Waals surface area contributed by atoms with Gasteiger partial charge in [0.25, 0.3) is 0 Å². The highest BCUT2D eigenvalue weighted by Gasteiger charge is 2.25. The number of hydrogen-bond acceptors (Lipinski definition) is 2. The number of carbonyl (C=O) groups excluding carboxylic acids is 1. The third-order valence-corrected chi connectivity index (χ3v) is 3.51. The SMILES string of the molecule is COc1ccc(CN2CCN(C)C2=O)cc1Br. The Labute approximate surface area is 109 Å². The Hall–Kier alpha value is -1.23. The van der Waals surface area contributed by atoms with Crippen molar-refractivity contribution in [2.75, 3.05) is 27.2 Å². The third-order valence-electron chi connectivity index (χ3n) is 2.89. The number of hydrogen-bond donors (Lipinski definition) is 0. The summed E-state index contributed by atoms with van der Waals surface area (Å²) in [5.74, 6) is 0.804. The molecule has 0 saturated carbocycles. The molecular weight excluding hydrogens is 284 g/mol. The Morgan fingerprint density at radius 1 is 1.41 bits per heavy atom. The number of carbonyl (C=O) groups is 1. The monoisotopic (exact) mass is 298 g/mol. The summed E-state index contributed by atoms with van der Waals surface area (Å²) in [4.78, 5) is 15.3. The summed E-state index contributed by atoms with van der Waals surface area (Å²) in [6.07, 6.45) is 0. The fourth-order valence-corrected chi connectivity index (χ4v) is 2.47. The summed E-state index contributed by atoms with van der Waals surface area (Å²) >= 11 is 3.44. The maximum Gasteiger partial charge on any atom is 0.320 e. The molecule has 1 aromatic carbocycles. The maximum absolute atomic E-state index is 11.7. The van der Waals surface area contributed by atoms with Gasteiger partial charge in [0.15, 0.2) is 0 Å². The van der Waals surface area contributed by atoms with Crippen LogP contribution in [0, 0.1) is 0 Å². The van der Waals surface area contributed by atoms with E-state index in [1.807, 2.05) is 30.1 Å². The van der Waals surface area contributed by atoms with Crippen LogP contribution in [0.3, 0.4) is 0 Å². The number of benzene rings is 1. The second kappa shape index (κ2) is 4.96. The van der Waals surface area contributed by atoms with Crippen LogP contribution < -0.4 is 4.74 Å². The van der Waals surface area contributed by atoms with E-state index in [0.29, 0.717) is 6.54 Å². The molecule has 17 heavy (non-hydrogen) atoms. The van der Waals surface area contributed by atoms with Gasteiger partial charge < -0.3 is 14.5 Å². The molecule has 0 aliphatic carbocycles. The molecule has 1 aromatic rings. The number of halogens is 1. The van der Waals surface area contributed by atoms with Crippen molar-refractivity contribution in [3.63, 3.8) is 0 Å². The molecule has 0 N–H and O–H groups in total. The fraction of sp³-hybridized carbons (Fsp3) is 0.417. The fourth-order valence-electron chi connectivity index (χ4n) is 1.88. The molecule has 0 aromatic heterocycles. The van der Waals surface area contributed by atoms with E-state index in [-0.39, 0.29) is 6.03 Å². The molecule has 4 nitrogen and oxygen atoms in total. The second-order valence-electron chi connectivity index (χ2n) is 4.09. The van der Waals surface area contributed by atoms with Crippen LogP contribution in [0.15, 0.2) is 22.7 Å². The Balaban J connectivity index is 2.09. The number of urea groups is 1. The molecule has 1 heterocycles. The van der Waals surface area contributed by atoms with E-state index < -0.39 is 0 Å². The van der Waals surface area contributed by atoms with Crippen molar-refractivity contribution in [2.24, 2.45) is 0 Å². The van der Waals surface area contributed by atoms with E-state index in [1.165, 1.54) is 0 Å². The molecular formula is C12H15BrN2O2. The number of amides is 2. The van der Waals surface area contributed by atoms with Crippen molar-refractivity contribution in [1.29, 1.82) is 0 Å². The van der Waals surface area contributed by atoms with Crippen LogP contribution >= 0.6 is 15.9 Å². The van der Waals surface area contributed by atoms with Crippen LogP contribution in [0.5, 0.6) is 5.75 Å². The minimum absolute atomic E-state index is 0.0944. The standard InChI is InChI=1S/C12H15BrN2O2/c1-14-5-6-15(12(14)16)8-9-3-4-11(17-2)10(13)7-9/h3-4,7H,5-6,8H2,1-2H3. The molecule has 0 bridgehead atoms. The summed E-state index contributed by atoms with van der Waals surface area (Å²) in [6, 6.07) is 5.97. The first-order valence-corrected chi connectivity index (χ1v) is 6.23. The summed E-state index contributed by atoms with van der Waals surface area (Å²) in [5.41, 5.74) is 1.10. The van der Waals surface area contributed by atoms with E-state index in [2.05, 4.69) is 15.9 Å². The minimum atomic E-state index is 0.0944. The van der Waals surface area contributed by atoms with Crippen LogP contribution in [0.1, 0.15) is 5.56 Å². The predicted molar refractivity (Wildman–Crippen MR) is 69.1 cm³/mol. The molecule has 92 valence electrons.